The van der Waals surface area contributed by atoms with Crippen LogP contribution in [0.3, 0.4) is 0 Å². The zero-order valence-corrected chi connectivity index (χ0v) is 22.3. The topological polar surface area (TPSA) is 198 Å². The molecule has 0 atom stereocenters. The van der Waals surface area contributed by atoms with E-state index >= 15 is 0 Å². The van der Waals surface area contributed by atoms with Gasteiger partial charge in [-0.3, -0.25) is 14.6 Å². The van der Waals surface area contributed by atoms with Crippen molar-refractivity contribution >= 4 is 40.1 Å². The summed E-state index contributed by atoms with van der Waals surface area (Å²) in [5.74, 6) is -1.30. The second-order valence-electron chi connectivity index (χ2n) is 8.82. The highest BCUT2D eigenvalue weighted by Gasteiger charge is 2.29. The van der Waals surface area contributed by atoms with Crippen LogP contribution in [0.15, 0.2) is 45.6 Å². The summed E-state index contributed by atoms with van der Waals surface area (Å²) in [5.41, 5.74) is 24.5. The Balaban J connectivity index is 2.25. The van der Waals surface area contributed by atoms with Gasteiger partial charge in [0.15, 0.2) is 0 Å². The molecule has 1 aliphatic heterocycles. The molecule has 0 amide bonds. The van der Waals surface area contributed by atoms with E-state index in [1.807, 2.05) is 0 Å². The van der Waals surface area contributed by atoms with E-state index in [0.29, 0.717) is 22.1 Å². The normalized spacial score (nSPS) is 11.8. The Labute approximate surface area is 233 Å². The van der Waals surface area contributed by atoms with Crippen LogP contribution >= 0.6 is 23.2 Å². The van der Waals surface area contributed by atoms with Crippen molar-refractivity contribution in [3.63, 3.8) is 0 Å². The highest BCUT2D eigenvalue weighted by molar-refractivity contribution is 6.33. The van der Waals surface area contributed by atoms with Gasteiger partial charge in [0.2, 0.25) is 5.43 Å². The van der Waals surface area contributed by atoms with Crippen molar-refractivity contribution in [2.45, 2.75) is 13.1 Å². The molecule has 39 heavy (non-hydrogen) atoms. The maximum atomic E-state index is 13.3. The lowest BCUT2D eigenvalue weighted by Crippen LogP contribution is -2.36. The zero-order chi connectivity index (χ0) is 28.4. The van der Waals surface area contributed by atoms with E-state index in [4.69, 9.17) is 50.6 Å². The number of benzene rings is 3. The molecule has 0 saturated heterocycles. The Morgan fingerprint density at radius 3 is 2.05 bits per heavy atom. The number of aromatic hydroxyl groups is 1. The van der Waals surface area contributed by atoms with Crippen LogP contribution in [0.4, 0.5) is 0 Å². The van der Waals surface area contributed by atoms with Crippen LogP contribution in [-0.2, 0) is 13.1 Å². The van der Waals surface area contributed by atoms with Gasteiger partial charge in [0.05, 0.1) is 26.7 Å². The summed E-state index contributed by atoms with van der Waals surface area (Å²) in [4.78, 5) is 28.8. The number of rotatable bonds is 10. The summed E-state index contributed by atoms with van der Waals surface area (Å²) in [6.45, 7) is 0.297. The molecule has 4 rings (SSSR count). The first-order valence-electron chi connectivity index (χ1n) is 11.9. The molecule has 0 aromatic heterocycles. The first-order chi connectivity index (χ1) is 18.7. The number of aromatic carboxylic acids is 1. The molecule has 10 N–H and O–H groups in total. The number of nitrogens with zero attached hydrogens (tertiary/aromatic N) is 2. The quantitative estimate of drug-likeness (QED) is 0.120. The predicted octanol–water partition coefficient (Wildman–Crippen LogP) is 2.54. The third-order valence-electron chi connectivity index (χ3n) is 6.55. The number of carbonyl (C=O) groups is 1. The Bertz CT molecular complexity index is 1570. The highest BCUT2D eigenvalue weighted by Crippen LogP contribution is 2.47. The van der Waals surface area contributed by atoms with Gasteiger partial charge in [-0.1, -0.05) is 41.4 Å². The number of phenolic OH excluding ortho intramolecular Hbond substituents is 1. The van der Waals surface area contributed by atoms with E-state index < -0.39 is 11.4 Å². The van der Waals surface area contributed by atoms with E-state index in [1.54, 1.807) is 28.0 Å². The number of halogens is 2. The first kappa shape index (κ1) is 28.7. The lowest BCUT2D eigenvalue weighted by Gasteiger charge is -2.24. The van der Waals surface area contributed by atoms with Gasteiger partial charge in [-0.05, 0) is 23.8 Å². The van der Waals surface area contributed by atoms with Gasteiger partial charge in [0.1, 0.15) is 17.1 Å². The highest BCUT2D eigenvalue weighted by atomic mass is 35.5. The van der Waals surface area contributed by atoms with E-state index in [0.717, 1.165) is 0 Å². The smallest absolute Gasteiger partial charge is 0.336 e. The molecule has 0 fully saturated rings. The minimum atomic E-state index is -1.17. The van der Waals surface area contributed by atoms with Crippen LogP contribution in [-0.4, -0.2) is 52.7 Å². The van der Waals surface area contributed by atoms with Crippen LogP contribution in [0.5, 0.6) is 5.75 Å². The second-order valence-corrected chi connectivity index (χ2v) is 9.64. The van der Waals surface area contributed by atoms with Gasteiger partial charge in [0.25, 0.3) is 0 Å². The SMILES string of the molecule is NCN(CN)Cc1c2oc3c(CN(CN)CN)c(O)c(Cl)cc3c(-c3ccccc3C(=O)O)c-2cc(Cl)c1=O. The molecule has 0 bridgehead atoms. The van der Waals surface area contributed by atoms with E-state index in [2.05, 4.69) is 0 Å². The number of hydrogen-bond donors (Lipinski definition) is 6. The van der Waals surface area contributed by atoms with Gasteiger partial charge in [-0.25, -0.2) is 4.79 Å². The largest absolute Gasteiger partial charge is 0.506 e. The monoisotopic (exact) mass is 574 g/mol. The van der Waals surface area contributed by atoms with Crippen LogP contribution < -0.4 is 28.4 Å². The Hall–Kier alpha value is -3.26. The summed E-state index contributed by atoms with van der Waals surface area (Å²) < 4.78 is 6.38. The number of fused-ring (bicyclic) bond motifs is 2. The van der Waals surface area contributed by atoms with Crippen molar-refractivity contribution in [3.8, 4) is 28.2 Å². The standard InChI is InChI=1S/C26H28Cl2N6O5/c27-19-5-15-21(13-3-1-2-4-14(13)26(37)38)16-6-20(28)23(36)18(8-34(11-31)12-32)25(16)39-24(15)17(22(19)35)7-33(9-29)10-30/h1-6,35H,7-12,29-32H2,(H,37,38). The maximum absolute atomic E-state index is 13.3. The van der Waals surface area contributed by atoms with Crippen LogP contribution in [0, 0.1) is 0 Å². The molecule has 13 heteroatoms. The summed E-state index contributed by atoms with van der Waals surface area (Å²) in [5, 5.41) is 21.3. The van der Waals surface area contributed by atoms with Crippen molar-refractivity contribution in [3.05, 3.63) is 73.4 Å². The van der Waals surface area contributed by atoms with Crippen molar-refractivity contribution in [1.82, 2.24) is 9.80 Å². The van der Waals surface area contributed by atoms with Gasteiger partial charge < -0.3 is 37.6 Å². The maximum Gasteiger partial charge on any atom is 0.336 e. The predicted molar refractivity (Wildman–Crippen MR) is 150 cm³/mol. The van der Waals surface area contributed by atoms with Gasteiger partial charge in [-0.2, -0.15) is 0 Å². The fourth-order valence-corrected chi connectivity index (χ4v) is 4.96. The minimum Gasteiger partial charge on any atom is -0.506 e. The molecule has 0 spiro atoms. The molecule has 1 aliphatic carbocycles. The van der Waals surface area contributed by atoms with Gasteiger partial charge in [0, 0.05) is 56.3 Å². The third kappa shape index (κ3) is 5.31. The fourth-order valence-electron chi connectivity index (χ4n) is 4.52. The molecule has 206 valence electrons. The summed E-state index contributed by atoms with van der Waals surface area (Å²) in [6.07, 6.45) is 0. The summed E-state index contributed by atoms with van der Waals surface area (Å²) >= 11 is 12.9. The second kappa shape index (κ2) is 11.9. The van der Waals surface area contributed by atoms with E-state index in [-0.39, 0.29) is 83.6 Å². The molecule has 2 aromatic carbocycles. The number of carboxylic acid groups (broad SMARTS) is 1. The molecule has 0 unspecified atom stereocenters. The lowest BCUT2D eigenvalue weighted by atomic mass is 9.88. The molecule has 2 aliphatic rings. The van der Waals surface area contributed by atoms with Crippen molar-refractivity contribution in [2.75, 3.05) is 26.7 Å². The van der Waals surface area contributed by atoms with Gasteiger partial charge in [-0.15, -0.1) is 0 Å². The third-order valence-corrected chi connectivity index (χ3v) is 7.12. The number of phenols is 1. The Kier molecular flexibility index (Phi) is 8.74. The summed E-state index contributed by atoms with van der Waals surface area (Å²) in [7, 11) is 0. The molecular formula is C26H28Cl2N6O5. The molecule has 0 radical (unpaired) electrons. The molecule has 11 nitrogen and oxygen atoms in total. The lowest BCUT2D eigenvalue weighted by molar-refractivity contribution is 0.0697. The molecule has 2 aromatic rings. The summed E-state index contributed by atoms with van der Waals surface area (Å²) in [6, 6.07) is 9.29. The number of hydrogen-bond acceptors (Lipinski definition) is 10. The number of nitrogens with two attached hydrogens (primary N) is 4. The number of carboxylic acids is 1. The average molecular weight is 575 g/mol. The Morgan fingerprint density at radius 1 is 0.872 bits per heavy atom. The van der Waals surface area contributed by atoms with Crippen LogP contribution in [0.1, 0.15) is 21.5 Å². The van der Waals surface area contributed by atoms with Crippen LogP contribution in [0.25, 0.3) is 33.4 Å². The molecule has 0 saturated carbocycles. The van der Waals surface area contributed by atoms with Crippen molar-refractivity contribution < 1.29 is 19.4 Å². The average Bonchev–Trinajstić information content (AvgIpc) is 2.93. The van der Waals surface area contributed by atoms with E-state index in [9.17, 15) is 19.8 Å². The van der Waals surface area contributed by atoms with Crippen LogP contribution in [0.2, 0.25) is 10.0 Å². The Morgan fingerprint density at radius 2 is 1.46 bits per heavy atom. The molecular weight excluding hydrogens is 547 g/mol. The molecule has 1 heterocycles. The van der Waals surface area contributed by atoms with Gasteiger partial charge >= 0.3 is 5.97 Å². The minimum absolute atomic E-state index is 0.000645. The van der Waals surface area contributed by atoms with Crippen molar-refractivity contribution in [1.29, 1.82) is 0 Å². The van der Waals surface area contributed by atoms with Crippen molar-refractivity contribution in [2.24, 2.45) is 22.9 Å². The van der Waals surface area contributed by atoms with E-state index in [1.165, 1.54) is 18.2 Å². The zero-order valence-electron chi connectivity index (χ0n) is 20.8. The first-order valence-corrected chi connectivity index (χ1v) is 12.6. The fraction of sp³-hybridized carbons (Fsp3) is 0.231.